The van der Waals surface area contributed by atoms with Gasteiger partial charge in [0.05, 0.1) is 19.1 Å². The molecule has 3 unspecified atom stereocenters. The lowest BCUT2D eigenvalue weighted by molar-refractivity contribution is -0.154. The molecule has 0 aromatic heterocycles. The summed E-state index contributed by atoms with van der Waals surface area (Å²) < 4.78 is 5.15. The average Bonchev–Trinajstić information content (AvgIpc) is 2.62. The molecule has 0 saturated carbocycles. The van der Waals surface area contributed by atoms with Crippen molar-refractivity contribution in [2.45, 2.75) is 31.8 Å². The fourth-order valence-electron chi connectivity index (χ4n) is 3.17. The minimum atomic E-state index is -1.06. The number of carboxylic acids is 1. The molecule has 0 spiro atoms. The Hall–Kier alpha value is -2.57. The molecule has 1 heterocycles. The van der Waals surface area contributed by atoms with Gasteiger partial charge in [0, 0.05) is 20.5 Å². The van der Waals surface area contributed by atoms with Gasteiger partial charge in [-0.2, -0.15) is 0 Å². The van der Waals surface area contributed by atoms with E-state index in [-0.39, 0.29) is 18.2 Å². The molecule has 0 aliphatic carbocycles. The Bertz CT molecular complexity index is 658. The second-order valence-electron chi connectivity index (χ2n) is 6.33. The fraction of sp³-hybridized carbons (Fsp3) is 0.500. The predicted molar refractivity (Wildman–Crippen MR) is 91.1 cm³/mol. The van der Waals surface area contributed by atoms with Crippen molar-refractivity contribution in [3.05, 3.63) is 29.8 Å². The largest absolute Gasteiger partial charge is 0.497 e. The van der Waals surface area contributed by atoms with Gasteiger partial charge in [-0.1, -0.05) is 12.1 Å². The predicted octanol–water partition coefficient (Wildman–Crippen LogP) is 1.54. The van der Waals surface area contributed by atoms with E-state index < -0.39 is 24.0 Å². The van der Waals surface area contributed by atoms with E-state index in [4.69, 9.17) is 9.84 Å². The molecular weight excluding hydrogens is 324 g/mol. The van der Waals surface area contributed by atoms with Gasteiger partial charge in [0.25, 0.3) is 0 Å². The first-order valence-electron chi connectivity index (χ1n) is 8.17. The first kappa shape index (κ1) is 18.8. The summed E-state index contributed by atoms with van der Waals surface area (Å²) in [6.45, 7) is 1.47. The molecule has 2 amide bonds. The van der Waals surface area contributed by atoms with Gasteiger partial charge in [0.2, 0.25) is 11.8 Å². The zero-order valence-electron chi connectivity index (χ0n) is 14.9. The quantitative estimate of drug-likeness (QED) is 0.872. The molecule has 3 atom stereocenters. The molecule has 2 rings (SSSR count). The summed E-state index contributed by atoms with van der Waals surface area (Å²) in [7, 11) is 4.74. The number of nitrogens with zero attached hydrogens (tertiary/aromatic N) is 2. The van der Waals surface area contributed by atoms with Crippen molar-refractivity contribution in [3.63, 3.8) is 0 Å². The van der Waals surface area contributed by atoms with Gasteiger partial charge >= 0.3 is 5.97 Å². The number of hydrogen-bond acceptors (Lipinski definition) is 4. The molecule has 1 aliphatic heterocycles. The van der Waals surface area contributed by atoms with E-state index in [1.807, 2.05) is 12.1 Å². The fourth-order valence-corrected chi connectivity index (χ4v) is 3.17. The Morgan fingerprint density at radius 2 is 1.92 bits per heavy atom. The topological polar surface area (TPSA) is 87.1 Å². The number of carbonyl (C=O) groups excluding carboxylic acids is 2. The molecule has 136 valence electrons. The van der Waals surface area contributed by atoms with Crippen molar-refractivity contribution in [2.75, 3.05) is 21.2 Å². The third-order valence-electron chi connectivity index (χ3n) is 4.92. The van der Waals surface area contributed by atoms with E-state index in [0.29, 0.717) is 12.2 Å². The van der Waals surface area contributed by atoms with Gasteiger partial charge in [0.1, 0.15) is 11.8 Å². The molecule has 7 heteroatoms. The van der Waals surface area contributed by atoms with E-state index in [9.17, 15) is 14.4 Å². The van der Waals surface area contributed by atoms with Crippen LogP contribution in [0.5, 0.6) is 5.75 Å². The van der Waals surface area contributed by atoms with Crippen LogP contribution in [-0.4, -0.2) is 59.9 Å². The number of likely N-dealkylation sites (N-methyl/N-ethyl adjacent to an activating group) is 1. The van der Waals surface area contributed by atoms with Crippen LogP contribution in [0.3, 0.4) is 0 Å². The number of methoxy groups -OCH3 is 1. The Kier molecular flexibility index (Phi) is 5.66. The lowest BCUT2D eigenvalue weighted by Gasteiger charge is -2.40. The van der Waals surface area contributed by atoms with E-state index in [1.54, 1.807) is 31.2 Å². The highest BCUT2D eigenvalue weighted by Gasteiger charge is 2.41. The number of rotatable bonds is 5. The minimum absolute atomic E-state index is 0.0289. The zero-order chi connectivity index (χ0) is 18.7. The van der Waals surface area contributed by atoms with Crippen LogP contribution in [0.15, 0.2) is 24.3 Å². The van der Waals surface area contributed by atoms with Crippen molar-refractivity contribution in [1.82, 2.24) is 9.80 Å². The summed E-state index contributed by atoms with van der Waals surface area (Å²) in [4.78, 5) is 39.1. The van der Waals surface area contributed by atoms with Crippen molar-refractivity contribution >= 4 is 17.8 Å². The highest BCUT2D eigenvalue weighted by molar-refractivity contribution is 5.87. The first-order valence-corrected chi connectivity index (χ1v) is 8.17. The normalized spacial score (nSPS) is 21.6. The van der Waals surface area contributed by atoms with Gasteiger partial charge < -0.3 is 19.6 Å². The first-order chi connectivity index (χ1) is 11.8. The van der Waals surface area contributed by atoms with Gasteiger partial charge in [-0.05, 0) is 31.0 Å². The number of carbonyl (C=O) groups is 3. The van der Waals surface area contributed by atoms with Gasteiger partial charge in [-0.15, -0.1) is 0 Å². The lowest BCUT2D eigenvalue weighted by Crippen LogP contribution is -2.50. The van der Waals surface area contributed by atoms with Crippen molar-refractivity contribution in [1.29, 1.82) is 0 Å². The van der Waals surface area contributed by atoms with Crippen LogP contribution < -0.4 is 4.74 Å². The van der Waals surface area contributed by atoms with E-state index >= 15 is 0 Å². The van der Waals surface area contributed by atoms with Crippen LogP contribution >= 0.6 is 0 Å². The summed E-state index contributed by atoms with van der Waals surface area (Å²) in [5, 5.41) is 9.16. The molecule has 1 saturated heterocycles. The molecule has 1 fully saturated rings. The highest BCUT2D eigenvalue weighted by Crippen LogP contribution is 2.37. The summed E-state index contributed by atoms with van der Waals surface area (Å²) in [6, 6.07) is 5.88. The molecule has 0 bridgehead atoms. The molecule has 7 nitrogen and oxygen atoms in total. The average molecular weight is 348 g/mol. The maximum Gasteiger partial charge on any atom is 0.326 e. The summed E-state index contributed by atoms with van der Waals surface area (Å²) in [5.74, 6) is -1.15. The molecule has 1 aliphatic rings. The van der Waals surface area contributed by atoms with Crippen molar-refractivity contribution in [3.8, 4) is 5.75 Å². The zero-order valence-corrected chi connectivity index (χ0v) is 14.9. The molecule has 0 radical (unpaired) electrons. The molecular formula is C18H24N2O5. The van der Waals surface area contributed by atoms with Crippen LogP contribution in [0, 0.1) is 5.92 Å². The van der Waals surface area contributed by atoms with Gasteiger partial charge in [-0.3, -0.25) is 9.59 Å². The molecule has 1 aromatic carbocycles. The minimum Gasteiger partial charge on any atom is -0.497 e. The standard InChI is InChI=1S/C18H24N2O5/c1-11(18(23)24)19(2)17(22)14-9-10-15(21)20(3)16(14)12-5-7-13(25-4)8-6-12/h5-8,11,14,16H,9-10H2,1-4H3,(H,23,24). The van der Waals surface area contributed by atoms with Crippen molar-refractivity contribution in [2.24, 2.45) is 5.92 Å². The van der Waals surface area contributed by atoms with E-state index in [2.05, 4.69) is 0 Å². The highest BCUT2D eigenvalue weighted by atomic mass is 16.5. The maximum atomic E-state index is 12.9. The number of piperidine rings is 1. The third-order valence-corrected chi connectivity index (χ3v) is 4.92. The Morgan fingerprint density at radius 1 is 1.32 bits per heavy atom. The third kappa shape index (κ3) is 3.75. The number of aliphatic carboxylic acids is 1. The van der Waals surface area contributed by atoms with Crippen LogP contribution in [0.4, 0.5) is 0 Å². The molecule has 1 N–H and O–H groups in total. The Labute approximate surface area is 147 Å². The monoisotopic (exact) mass is 348 g/mol. The number of likely N-dealkylation sites (tertiary alicyclic amines) is 1. The van der Waals surface area contributed by atoms with Gasteiger partial charge in [-0.25, -0.2) is 4.79 Å². The van der Waals surface area contributed by atoms with Gasteiger partial charge in [0.15, 0.2) is 0 Å². The second kappa shape index (κ2) is 7.55. The number of carboxylic acid groups (broad SMARTS) is 1. The van der Waals surface area contributed by atoms with Crippen LogP contribution in [0.25, 0.3) is 0 Å². The number of benzene rings is 1. The van der Waals surface area contributed by atoms with E-state index in [0.717, 1.165) is 5.56 Å². The van der Waals surface area contributed by atoms with Crippen LogP contribution in [-0.2, 0) is 14.4 Å². The summed E-state index contributed by atoms with van der Waals surface area (Å²) >= 11 is 0. The SMILES string of the molecule is COc1ccc(C2C(C(=O)N(C)C(C)C(=O)O)CCC(=O)N2C)cc1. The lowest BCUT2D eigenvalue weighted by atomic mass is 9.83. The molecule has 25 heavy (non-hydrogen) atoms. The Morgan fingerprint density at radius 3 is 2.44 bits per heavy atom. The Balaban J connectivity index is 2.34. The van der Waals surface area contributed by atoms with Crippen LogP contribution in [0.1, 0.15) is 31.4 Å². The van der Waals surface area contributed by atoms with Crippen LogP contribution in [0.2, 0.25) is 0 Å². The summed E-state index contributed by atoms with van der Waals surface area (Å²) in [5.41, 5.74) is 0.825. The smallest absolute Gasteiger partial charge is 0.326 e. The summed E-state index contributed by atoms with van der Waals surface area (Å²) in [6.07, 6.45) is 0.671. The second-order valence-corrected chi connectivity index (χ2v) is 6.33. The number of hydrogen-bond donors (Lipinski definition) is 1. The molecule has 1 aromatic rings. The van der Waals surface area contributed by atoms with Crippen molar-refractivity contribution < 1.29 is 24.2 Å². The number of ether oxygens (including phenoxy) is 1. The van der Waals surface area contributed by atoms with E-state index in [1.165, 1.54) is 18.9 Å². The maximum absolute atomic E-state index is 12.9. The number of amides is 2.